The summed E-state index contributed by atoms with van der Waals surface area (Å²) in [6.07, 6.45) is 2.39. The number of benzene rings is 2. The molecule has 0 aliphatic rings. The van der Waals surface area contributed by atoms with Gasteiger partial charge in [0.1, 0.15) is 0 Å². The second kappa shape index (κ2) is 7.85. The van der Waals surface area contributed by atoms with Gasteiger partial charge >= 0.3 is 0 Å². The van der Waals surface area contributed by atoms with Crippen molar-refractivity contribution in [2.24, 2.45) is 5.92 Å². The van der Waals surface area contributed by atoms with Gasteiger partial charge in [0.05, 0.1) is 11.4 Å². The highest BCUT2D eigenvalue weighted by Crippen LogP contribution is 2.24. The Morgan fingerprint density at radius 1 is 0.864 bits per heavy atom. The van der Waals surface area contributed by atoms with E-state index in [0.29, 0.717) is 6.04 Å². The van der Waals surface area contributed by atoms with Crippen LogP contribution in [0, 0.1) is 5.92 Å². The van der Waals surface area contributed by atoms with Crippen LogP contribution in [-0.2, 0) is 0 Å². The van der Waals surface area contributed by atoms with Crippen LogP contribution in [0.3, 0.4) is 0 Å². The molecule has 2 aromatic rings. The lowest BCUT2D eigenvalue weighted by Crippen LogP contribution is -2.16. The standard InChI is InChI=1S/C19H26N2O/c1-15(2)9-10-16(3)20-17-11-13-19(14-12-17)21(22)18-7-5-4-6-8-18/h4-8,11-16,20,22H,9-10H2,1-3H3. The van der Waals surface area contributed by atoms with Crippen molar-refractivity contribution in [3.63, 3.8) is 0 Å². The summed E-state index contributed by atoms with van der Waals surface area (Å²) in [5.41, 5.74) is 2.60. The summed E-state index contributed by atoms with van der Waals surface area (Å²) in [6, 6.07) is 17.8. The fourth-order valence-corrected chi connectivity index (χ4v) is 2.36. The van der Waals surface area contributed by atoms with Gasteiger partial charge in [0, 0.05) is 11.7 Å². The van der Waals surface area contributed by atoms with Crippen LogP contribution in [0.15, 0.2) is 54.6 Å². The van der Waals surface area contributed by atoms with Gasteiger partial charge in [-0.3, -0.25) is 5.21 Å². The summed E-state index contributed by atoms with van der Waals surface area (Å²) < 4.78 is 0. The van der Waals surface area contributed by atoms with Crippen LogP contribution < -0.4 is 10.4 Å². The van der Waals surface area contributed by atoms with Gasteiger partial charge in [-0.2, -0.15) is 0 Å². The number of nitrogens with zero attached hydrogens (tertiary/aromatic N) is 1. The molecule has 2 aromatic carbocycles. The third kappa shape index (κ3) is 4.78. The van der Waals surface area contributed by atoms with Crippen LogP contribution >= 0.6 is 0 Å². The Kier molecular flexibility index (Phi) is 5.84. The largest absolute Gasteiger partial charge is 0.383 e. The molecule has 0 radical (unpaired) electrons. The Bertz CT molecular complexity index is 551. The number of nitrogens with one attached hydrogen (secondary N) is 1. The van der Waals surface area contributed by atoms with Crippen LogP contribution in [-0.4, -0.2) is 11.2 Å². The van der Waals surface area contributed by atoms with Crippen LogP contribution in [0.25, 0.3) is 0 Å². The molecule has 0 aromatic heterocycles. The van der Waals surface area contributed by atoms with Crippen molar-refractivity contribution in [1.82, 2.24) is 0 Å². The Balaban J connectivity index is 1.95. The maximum atomic E-state index is 10.2. The predicted molar refractivity (Wildman–Crippen MR) is 94.0 cm³/mol. The van der Waals surface area contributed by atoms with Gasteiger partial charge in [-0.25, -0.2) is 5.06 Å². The molecule has 2 N–H and O–H groups in total. The first-order valence-electron chi connectivity index (χ1n) is 7.97. The molecule has 1 unspecified atom stereocenters. The molecule has 0 aliphatic carbocycles. The van der Waals surface area contributed by atoms with E-state index in [-0.39, 0.29) is 0 Å². The van der Waals surface area contributed by atoms with E-state index in [1.807, 2.05) is 54.6 Å². The summed E-state index contributed by atoms with van der Waals surface area (Å²) >= 11 is 0. The first-order valence-corrected chi connectivity index (χ1v) is 7.97. The molecule has 1 atom stereocenters. The molecule has 22 heavy (non-hydrogen) atoms. The van der Waals surface area contributed by atoms with Crippen molar-refractivity contribution in [1.29, 1.82) is 0 Å². The maximum absolute atomic E-state index is 10.2. The molecule has 0 bridgehead atoms. The fraction of sp³-hybridized carbons (Fsp3) is 0.368. The Morgan fingerprint density at radius 3 is 2.05 bits per heavy atom. The van der Waals surface area contributed by atoms with Gasteiger partial charge in [-0.15, -0.1) is 0 Å². The van der Waals surface area contributed by atoms with E-state index in [9.17, 15) is 5.21 Å². The van der Waals surface area contributed by atoms with E-state index in [1.165, 1.54) is 11.5 Å². The van der Waals surface area contributed by atoms with Gasteiger partial charge in [-0.1, -0.05) is 32.0 Å². The van der Waals surface area contributed by atoms with Crippen LogP contribution in [0.4, 0.5) is 17.1 Å². The van der Waals surface area contributed by atoms with Crippen molar-refractivity contribution in [2.75, 3.05) is 10.4 Å². The number of hydrogen-bond donors (Lipinski definition) is 2. The molecular weight excluding hydrogens is 272 g/mol. The van der Waals surface area contributed by atoms with Crippen LogP contribution in [0.2, 0.25) is 0 Å². The third-order valence-electron chi connectivity index (χ3n) is 3.70. The average molecular weight is 298 g/mol. The highest BCUT2D eigenvalue weighted by Gasteiger charge is 2.07. The first-order chi connectivity index (χ1) is 10.6. The average Bonchev–Trinajstić information content (AvgIpc) is 2.54. The summed E-state index contributed by atoms with van der Waals surface area (Å²) in [7, 11) is 0. The fourth-order valence-electron chi connectivity index (χ4n) is 2.36. The molecule has 0 amide bonds. The second-order valence-corrected chi connectivity index (χ2v) is 6.21. The lowest BCUT2D eigenvalue weighted by atomic mass is 10.0. The van der Waals surface area contributed by atoms with E-state index in [2.05, 4.69) is 26.1 Å². The molecule has 3 nitrogen and oxygen atoms in total. The molecule has 0 aliphatic heterocycles. The molecule has 118 valence electrons. The van der Waals surface area contributed by atoms with Crippen molar-refractivity contribution < 1.29 is 5.21 Å². The molecule has 0 spiro atoms. The van der Waals surface area contributed by atoms with Crippen molar-refractivity contribution >= 4 is 17.1 Å². The minimum Gasteiger partial charge on any atom is -0.383 e. The zero-order valence-electron chi connectivity index (χ0n) is 13.7. The number of anilines is 3. The lowest BCUT2D eigenvalue weighted by molar-refractivity contribution is 0.301. The normalized spacial score (nSPS) is 12.2. The maximum Gasteiger partial charge on any atom is 0.0694 e. The van der Waals surface area contributed by atoms with E-state index in [0.717, 1.165) is 29.4 Å². The van der Waals surface area contributed by atoms with E-state index < -0.39 is 0 Å². The molecule has 0 saturated carbocycles. The third-order valence-corrected chi connectivity index (χ3v) is 3.70. The van der Waals surface area contributed by atoms with E-state index in [1.54, 1.807) is 0 Å². The molecule has 0 heterocycles. The molecule has 2 rings (SSSR count). The van der Waals surface area contributed by atoms with Crippen molar-refractivity contribution in [3.8, 4) is 0 Å². The van der Waals surface area contributed by atoms with Gasteiger partial charge in [0.15, 0.2) is 0 Å². The molecule has 0 saturated heterocycles. The van der Waals surface area contributed by atoms with E-state index in [4.69, 9.17) is 0 Å². The number of hydrogen-bond acceptors (Lipinski definition) is 3. The molecule has 0 fully saturated rings. The van der Waals surface area contributed by atoms with Gasteiger partial charge in [0.2, 0.25) is 0 Å². The summed E-state index contributed by atoms with van der Waals surface area (Å²) in [5, 5.41) is 14.9. The zero-order valence-corrected chi connectivity index (χ0v) is 13.7. The first kappa shape index (κ1) is 16.4. The van der Waals surface area contributed by atoms with Gasteiger partial charge < -0.3 is 5.32 Å². The number of rotatable bonds is 7. The molecule has 3 heteroatoms. The summed E-state index contributed by atoms with van der Waals surface area (Å²) in [5.74, 6) is 0.737. The van der Waals surface area contributed by atoms with Crippen LogP contribution in [0.1, 0.15) is 33.6 Å². The van der Waals surface area contributed by atoms with E-state index >= 15 is 0 Å². The Hall–Kier alpha value is -2.00. The Labute approximate surface area is 133 Å². The van der Waals surface area contributed by atoms with Gasteiger partial charge in [-0.05, 0) is 62.1 Å². The van der Waals surface area contributed by atoms with Crippen LogP contribution in [0.5, 0.6) is 0 Å². The SMILES string of the molecule is CC(C)CCC(C)Nc1ccc(N(O)c2ccccc2)cc1. The quantitative estimate of drug-likeness (QED) is 0.667. The smallest absolute Gasteiger partial charge is 0.0694 e. The predicted octanol–water partition coefficient (Wildman–Crippen LogP) is 5.45. The minimum absolute atomic E-state index is 0.451. The highest BCUT2D eigenvalue weighted by atomic mass is 16.5. The Morgan fingerprint density at radius 2 is 1.45 bits per heavy atom. The van der Waals surface area contributed by atoms with Crippen molar-refractivity contribution in [2.45, 2.75) is 39.7 Å². The summed E-state index contributed by atoms with van der Waals surface area (Å²) in [4.78, 5) is 0. The zero-order chi connectivity index (χ0) is 15.9. The topological polar surface area (TPSA) is 35.5 Å². The lowest BCUT2D eigenvalue weighted by Gasteiger charge is -2.19. The van der Waals surface area contributed by atoms with Gasteiger partial charge in [0.25, 0.3) is 0 Å². The minimum atomic E-state index is 0.451. The monoisotopic (exact) mass is 298 g/mol. The molecular formula is C19H26N2O. The summed E-state index contributed by atoms with van der Waals surface area (Å²) in [6.45, 7) is 6.71. The second-order valence-electron chi connectivity index (χ2n) is 6.21. The number of para-hydroxylation sites is 1. The highest BCUT2D eigenvalue weighted by molar-refractivity contribution is 5.62. The van der Waals surface area contributed by atoms with Crippen molar-refractivity contribution in [3.05, 3.63) is 54.6 Å².